The van der Waals surface area contributed by atoms with Crippen molar-refractivity contribution in [2.45, 2.75) is 44.8 Å². The zero-order valence-corrected chi connectivity index (χ0v) is 17.0. The van der Waals surface area contributed by atoms with E-state index in [9.17, 15) is 9.59 Å². The maximum absolute atomic E-state index is 12.9. The highest BCUT2D eigenvalue weighted by Gasteiger charge is 2.48. The molecule has 2 aliphatic rings. The summed E-state index contributed by atoms with van der Waals surface area (Å²) in [5.41, 5.74) is 0. The van der Waals surface area contributed by atoms with E-state index in [2.05, 4.69) is 38.6 Å². The van der Waals surface area contributed by atoms with Crippen LogP contribution in [0.5, 0.6) is 0 Å². The molecular weight excluding hydrogens is 374 g/mol. The summed E-state index contributed by atoms with van der Waals surface area (Å²) in [7, 11) is 0. The number of nitrogens with one attached hydrogen (secondary N) is 2. The van der Waals surface area contributed by atoms with Crippen LogP contribution >= 0.6 is 11.3 Å². The summed E-state index contributed by atoms with van der Waals surface area (Å²) in [4.78, 5) is 38.5. The highest BCUT2D eigenvalue weighted by Crippen LogP contribution is 2.35. The lowest BCUT2D eigenvalue weighted by molar-refractivity contribution is -0.141. The van der Waals surface area contributed by atoms with Crippen LogP contribution in [0, 0.1) is 5.92 Å². The third-order valence-corrected chi connectivity index (χ3v) is 6.73. The Bertz CT molecular complexity index is 792. The molecule has 2 aromatic heterocycles. The summed E-state index contributed by atoms with van der Waals surface area (Å²) in [5, 5.41) is 5.16. The minimum absolute atomic E-state index is 0.00463. The number of carbonyl (C=O) groups is 2. The van der Waals surface area contributed by atoms with Crippen molar-refractivity contribution in [1.29, 1.82) is 0 Å². The van der Waals surface area contributed by atoms with Gasteiger partial charge in [-0.05, 0) is 30.7 Å². The number of hydrogen-bond acceptors (Lipinski definition) is 5. The molecule has 0 bridgehead atoms. The highest BCUT2D eigenvalue weighted by atomic mass is 32.1. The van der Waals surface area contributed by atoms with Crippen LogP contribution in [0.4, 0.5) is 0 Å². The maximum atomic E-state index is 12.9. The number of imidazole rings is 1. The minimum Gasteiger partial charge on any atom is -0.355 e. The Morgan fingerprint density at radius 1 is 1.46 bits per heavy atom. The smallest absolute Gasteiger partial charge is 0.237 e. The topological polar surface area (TPSA) is 81.3 Å². The lowest BCUT2D eigenvalue weighted by atomic mass is 9.96. The molecule has 2 aliphatic heterocycles. The van der Waals surface area contributed by atoms with Crippen molar-refractivity contribution in [1.82, 2.24) is 25.1 Å². The molecule has 0 aliphatic carbocycles. The maximum Gasteiger partial charge on any atom is 0.237 e. The van der Waals surface area contributed by atoms with Gasteiger partial charge in [0.25, 0.3) is 0 Å². The fourth-order valence-electron chi connectivity index (χ4n) is 4.59. The number of aromatic amines is 1. The van der Waals surface area contributed by atoms with Crippen LogP contribution in [-0.4, -0.2) is 63.3 Å². The monoisotopic (exact) mass is 401 g/mol. The Morgan fingerprint density at radius 2 is 2.36 bits per heavy atom. The van der Waals surface area contributed by atoms with Gasteiger partial charge < -0.3 is 15.2 Å². The van der Waals surface area contributed by atoms with E-state index in [0.717, 1.165) is 31.6 Å². The van der Waals surface area contributed by atoms with E-state index < -0.39 is 0 Å². The molecule has 2 amide bonds. The Labute approximate surface area is 169 Å². The molecule has 2 fully saturated rings. The summed E-state index contributed by atoms with van der Waals surface area (Å²) < 4.78 is 0. The van der Waals surface area contributed by atoms with Crippen molar-refractivity contribution in [3.8, 4) is 0 Å². The molecule has 2 aromatic rings. The average molecular weight is 402 g/mol. The van der Waals surface area contributed by atoms with Crippen molar-refractivity contribution in [2.24, 2.45) is 5.92 Å². The molecule has 0 aromatic carbocycles. The predicted molar refractivity (Wildman–Crippen MR) is 108 cm³/mol. The standard InChI is InChI=1S/C20H27N5O2S/c1-2-17-16(20(27)23-6-5-15-4-3-9-28-15)10-14-11-24(13-19(26)25(14)17)12-18-21-7-8-22-18/h3-4,7-9,14,16-17H,2,5-6,10-13H2,1H3,(H,21,22)(H,23,27)/t14-,16-,17-/m1/s1. The Kier molecular flexibility index (Phi) is 5.77. The lowest BCUT2D eigenvalue weighted by Gasteiger charge is -2.39. The zero-order valence-electron chi connectivity index (χ0n) is 16.1. The van der Waals surface area contributed by atoms with Crippen LogP contribution in [0.2, 0.25) is 0 Å². The van der Waals surface area contributed by atoms with Crippen LogP contribution < -0.4 is 5.32 Å². The van der Waals surface area contributed by atoms with Gasteiger partial charge in [0, 0.05) is 42.4 Å². The quantitative estimate of drug-likeness (QED) is 0.739. The van der Waals surface area contributed by atoms with E-state index >= 15 is 0 Å². The first kappa shape index (κ1) is 19.1. The number of thiophene rings is 1. The Morgan fingerprint density at radius 3 is 3.07 bits per heavy atom. The van der Waals surface area contributed by atoms with Gasteiger partial charge in [0.05, 0.1) is 19.0 Å². The number of aromatic nitrogens is 2. The van der Waals surface area contributed by atoms with E-state index in [4.69, 9.17) is 0 Å². The van der Waals surface area contributed by atoms with Gasteiger partial charge in [-0.15, -0.1) is 11.3 Å². The van der Waals surface area contributed by atoms with Gasteiger partial charge in [0.2, 0.25) is 11.8 Å². The van der Waals surface area contributed by atoms with E-state index in [0.29, 0.717) is 19.6 Å². The number of fused-ring (bicyclic) bond motifs is 1. The molecule has 0 spiro atoms. The Balaban J connectivity index is 1.37. The van der Waals surface area contributed by atoms with Gasteiger partial charge in [0.1, 0.15) is 5.82 Å². The second-order valence-electron chi connectivity index (χ2n) is 7.60. The van der Waals surface area contributed by atoms with Crippen molar-refractivity contribution < 1.29 is 9.59 Å². The SMILES string of the molecule is CC[C@@H]1[C@H](C(=O)NCCc2cccs2)C[C@@H]2CN(Cc3ncc[nH]3)CC(=O)N21. The average Bonchev–Trinajstić information content (AvgIpc) is 3.42. The summed E-state index contributed by atoms with van der Waals surface area (Å²) in [6.45, 7) is 4.54. The fraction of sp³-hybridized carbons (Fsp3) is 0.550. The first-order valence-corrected chi connectivity index (χ1v) is 10.9. The molecule has 2 saturated heterocycles. The Hall–Kier alpha value is -2.19. The molecule has 0 unspecified atom stereocenters. The molecule has 7 nitrogen and oxygen atoms in total. The zero-order chi connectivity index (χ0) is 19.5. The number of H-pyrrole nitrogens is 1. The summed E-state index contributed by atoms with van der Waals surface area (Å²) in [6.07, 6.45) is 5.93. The number of carbonyl (C=O) groups excluding carboxylic acids is 2. The summed E-state index contributed by atoms with van der Waals surface area (Å²) >= 11 is 1.71. The molecule has 0 saturated carbocycles. The first-order valence-electron chi connectivity index (χ1n) is 9.97. The van der Waals surface area contributed by atoms with Crippen molar-refractivity contribution >= 4 is 23.2 Å². The van der Waals surface area contributed by atoms with Gasteiger partial charge >= 0.3 is 0 Å². The van der Waals surface area contributed by atoms with Gasteiger partial charge in [-0.25, -0.2) is 4.98 Å². The van der Waals surface area contributed by atoms with Crippen molar-refractivity contribution in [3.63, 3.8) is 0 Å². The van der Waals surface area contributed by atoms with Gasteiger partial charge in [0.15, 0.2) is 0 Å². The van der Waals surface area contributed by atoms with Gasteiger partial charge in [-0.3, -0.25) is 14.5 Å². The predicted octanol–water partition coefficient (Wildman–Crippen LogP) is 1.64. The molecule has 8 heteroatoms. The van der Waals surface area contributed by atoms with Crippen LogP contribution in [0.3, 0.4) is 0 Å². The van der Waals surface area contributed by atoms with Crippen LogP contribution in [0.15, 0.2) is 29.9 Å². The number of nitrogens with zero attached hydrogens (tertiary/aromatic N) is 3. The van der Waals surface area contributed by atoms with Crippen molar-refractivity contribution in [3.05, 3.63) is 40.6 Å². The summed E-state index contributed by atoms with van der Waals surface area (Å²) in [6, 6.07) is 4.23. The molecule has 4 rings (SSSR count). The molecule has 3 atom stereocenters. The van der Waals surface area contributed by atoms with E-state index in [-0.39, 0.29) is 29.8 Å². The number of rotatable bonds is 7. The normalized spacial score (nSPS) is 25.1. The minimum atomic E-state index is -0.120. The first-order chi connectivity index (χ1) is 13.7. The third-order valence-electron chi connectivity index (χ3n) is 5.79. The highest BCUT2D eigenvalue weighted by molar-refractivity contribution is 7.09. The molecular formula is C20H27N5O2S. The van der Waals surface area contributed by atoms with E-state index in [1.54, 1.807) is 23.7 Å². The largest absolute Gasteiger partial charge is 0.355 e. The summed E-state index contributed by atoms with van der Waals surface area (Å²) in [5.74, 6) is 0.965. The van der Waals surface area contributed by atoms with Crippen LogP contribution in [-0.2, 0) is 22.6 Å². The molecule has 28 heavy (non-hydrogen) atoms. The number of piperazine rings is 1. The number of hydrogen-bond donors (Lipinski definition) is 2. The number of amides is 2. The van der Waals surface area contributed by atoms with E-state index in [1.807, 2.05) is 11.0 Å². The van der Waals surface area contributed by atoms with E-state index in [1.165, 1.54) is 4.88 Å². The molecule has 4 heterocycles. The molecule has 150 valence electrons. The van der Waals surface area contributed by atoms with Crippen LogP contribution in [0.25, 0.3) is 0 Å². The second kappa shape index (κ2) is 8.45. The fourth-order valence-corrected chi connectivity index (χ4v) is 5.30. The van der Waals surface area contributed by atoms with Gasteiger partial charge in [-0.1, -0.05) is 13.0 Å². The van der Waals surface area contributed by atoms with Crippen LogP contribution in [0.1, 0.15) is 30.5 Å². The lowest BCUT2D eigenvalue weighted by Crippen LogP contribution is -2.56. The van der Waals surface area contributed by atoms with Crippen molar-refractivity contribution in [2.75, 3.05) is 19.6 Å². The molecule has 0 radical (unpaired) electrons. The molecule has 2 N–H and O–H groups in total. The van der Waals surface area contributed by atoms with Gasteiger partial charge in [-0.2, -0.15) is 0 Å². The second-order valence-corrected chi connectivity index (χ2v) is 8.63. The third kappa shape index (κ3) is 3.98.